The Morgan fingerprint density at radius 2 is 1.68 bits per heavy atom. The van der Waals surface area contributed by atoms with Gasteiger partial charge in [-0.15, -0.1) is 25.3 Å². The Hall–Kier alpha value is -1.69. The minimum Gasteiger partial charge on any atom is -0.322 e. The summed E-state index contributed by atoms with van der Waals surface area (Å²) in [5.41, 5.74) is 1.14. The lowest BCUT2D eigenvalue weighted by molar-refractivity contribution is -0.157. The number of sulfonamides is 1. The number of para-hydroxylation sites is 1. The van der Waals surface area contributed by atoms with Gasteiger partial charge in [-0.3, -0.25) is 14.5 Å². The monoisotopic (exact) mass is 539 g/mol. The second-order valence-electron chi connectivity index (χ2n) is 7.86. The predicted octanol–water partition coefficient (Wildman–Crippen LogP) is 2.40. The molecule has 3 aliphatic heterocycles. The van der Waals surface area contributed by atoms with E-state index >= 15 is 0 Å². The van der Waals surface area contributed by atoms with Gasteiger partial charge in [0.2, 0.25) is 0 Å². The summed E-state index contributed by atoms with van der Waals surface area (Å²) in [5.74, 6) is -0.883. The molecule has 2 aromatic rings. The molecule has 0 aromatic heterocycles. The molecular weight excluding hydrogens is 522 g/mol. The van der Waals surface area contributed by atoms with Gasteiger partial charge in [-0.25, -0.2) is 12.7 Å². The van der Waals surface area contributed by atoms with Crippen molar-refractivity contribution in [1.29, 1.82) is 0 Å². The minimum atomic E-state index is -4.07. The normalized spacial score (nSPS) is 32.2. The van der Waals surface area contributed by atoms with Crippen LogP contribution in [0.1, 0.15) is 12.0 Å². The zero-order valence-corrected chi connectivity index (χ0v) is 20.4. The van der Waals surface area contributed by atoms with Gasteiger partial charge in [-0.05, 0) is 23.8 Å². The van der Waals surface area contributed by atoms with Gasteiger partial charge in [-0.2, -0.15) is 0 Å². The van der Waals surface area contributed by atoms with Crippen molar-refractivity contribution >= 4 is 68.7 Å². The highest BCUT2D eigenvalue weighted by atomic mass is 79.9. The smallest absolute Gasteiger partial charge is 0.266 e. The Balaban J connectivity index is 1.78. The Kier molecular flexibility index (Phi) is 4.55. The van der Waals surface area contributed by atoms with Crippen LogP contribution in [0, 0.1) is 0 Å². The average molecular weight is 540 g/mol. The number of halogens is 1. The van der Waals surface area contributed by atoms with Crippen LogP contribution < -0.4 is 4.31 Å². The number of amides is 2. The average Bonchev–Trinajstić information content (AvgIpc) is 3.15. The quantitative estimate of drug-likeness (QED) is 0.453. The third-order valence-corrected chi connectivity index (χ3v) is 10.2. The molecule has 0 bridgehead atoms. The Morgan fingerprint density at radius 3 is 2.35 bits per heavy atom. The van der Waals surface area contributed by atoms with Crippen LogP contribution >= 0.6 is 41.2 Å². The number of anilines is 1. The van der Waals surface area contributed by atoms with Crippen LogP contribution in [0.5, 0.6) is 0 Å². The van der Waals surface area contributed by atoms with E-state index in [1.807, 2.05) is 6.07 Å². The number of likely N-dealkylation sites (N-methyl/N-ethyl adjacent to an activating group) is 1. The van der Waals surface area contributed by atoms with Crippen LogP contribution in [0.25, 0.3) is 0 Å². The van der Waals surface area contributed by atoms with Crippen molar-refractivity contribution in [2.45, 2.75) is 32.1 Å². The molecule has 3 aliphatic rings. The molecule has 2 fully saturated rings. The van der Waals surface area contributed by atoms with E-state index < -0.39 is 42.6 Å². The molecule has 0 radical (unpaired) electrons. The molecule has 11 heteroatoms. The van der Waals surface area contributed by atoms with E-state index in [0.29, 0.717) is 11.3 Å². The first-order valence-corrected chi connectivity index (χ1v) is 12.6. The van der Waals surface area contributed by atoms with Crippen molar-refractivity contribution in [3.8, 4) is 0 Å². The van der Waals surface area contributed by atoms with Crippen LogP contribution in [0.4, 0.5) is 5.69 Å². The SMILES string of the molecule is CN1C(=O)[C@@]2(S)C[C@]3(Br)c4ccccc4N(S(=O)(=O)c4ccccc4)[C@@H]3N2C(=O)[C@@H]1S. The van der Waals surface area contributed by atoms with Crippen molar-refractivity contribution in [1.82, 2.24) is 9.80 Å². The van der Waals surface area contributed by atoms with E-state index in [1.165, 1.54) is 33.3 Å². The highest BCUT2D eigenvalue weighted by Gasteiger charge is 2.72. The number of thiol groups is 2. The highest BCUT2D eigenvalue weighted by Crippen LogP contribution is 2.63. The topological polar surface area (TPSA) is 78.0 Å². The summed E-state index contributed by atoms with van der Waals surface area (Å²) >= 11 is 12.7. The summed E-state index contributed by atoms with van der Waals surface area (Å²) in [6.45, 7) is 0. The number of benzene rings is 2. The first kappa shape index (κ1) is 21.2. The number of rotatable bonds is 2. The lowest BCUT2D eigenvalue weighted by atomic mass is 9.95. The van der Waals surface area contributed by atoms with Gasteiger partial charge in [0.05, 0.1) is 14.9 Å². The van der Waals surface area contributed by atoms with E-state index in [1.54, 1.807) is 36.4 Å². The predicted molar refractivity (Wildman–Crippen MR) is 126 cm³/mol. The number of piperazine rings is 1. The van der Waals surface area contributed by atoms with Crippen molar-refractivity contribution in [3.63, 3.8) is 0 Å². The van der Waals surface area contributed by atoms with Crippen LogP contribution in [0.15, 0.2) is 59.5 Å². The molecule has 2 amide bonds. The molecule has 31 heavy (non-hydrogen) atoms. The highest BCUT2D eigenvalue weighted by molar-refractivity contribution is 9.09. The maximum Gasteiger partial charge on any atom is 0.266 e. The summed E-state index contributed by atoms with van der Waals surface area (Å²) in [6, 6.07) is 15.1. The minimum absolute atomic E-state index is 0.0912. The van der Waals surface area contributed by atoms with Gasteiger partial charge < -0.3 is 4.90 Å². The summed E-state index contributed by atoms with van der Waals surface area (Å²) < 4.78 is 27.9. The first-order valence-electron chi connectivity index (χ1n) is 9.44. The molecule has 3 heterocycles. The van der Waals surface area contributed by atoms with E-state index in [2.05, 4.69) is 41.2 Å². The lowest BCUT2D eigenvalue weighted by Crippen LogP contribution is -2.68. The molecule has 4 atom stereocenters. The van der Waals surface area contributed by atoms with Crippen molar-refractivity contribution in [2.24, 2.45) is 0 Å². The molecule has 162 valence electrons. The molecule has 5 rings (SSSR count). The van der Waals surface area contributed by atoms with Crippen molar-refractivity contribution in [3.05, 3.63) is 60.2 Å². The van der Waals surface area contributed by atoms with Gasteiger partial charge in [0.25, 0.3) is 21.8 Å². The molecule has 0 saturated carbocycles. The van der Waals surface area contributed by atoms with Gasteiger partial charge in [0, 0.05) is 13.5 Å². The van der Waals surface area contributed by atoms with E-state index in [0.717, 1.165) is 0 Å². The van der Waals surface area contributed by atoms with Crippen LogP contribution in [-0.4, -0.2) is 53.5 Å². The third-order valence-electron chi connectivity index (χ3n) is 6.16. The second-order valence-corrected chi connectivity index (χ2v) is 12.3. The summed E-state index contributed by atoms with van der Waals surface area (Å²) in [5, 5.41) is -1.03. The summed E-state index contributed by atoms with van der Waals surface area (Å²) in [6.07, 6.45) is -0.923. The van der Waals surface area contributed by atoms with Crippen molar-refractivity contribution < 1.29 is 18.0 Å². The summed E-state index contributed by atoms with van der Waals surface area (Å²) in [7, 11) is -2.57. The molecule has 2 saturated heterocycles. The van der Waals surface area contributed by atoms with Gasteiger partial charge in [-0.1, -0.05) is 52.3 Å². The number of carbonyl (C=O) groups is 2. The second kappa shape index (κ2) is 6.66. The largest absolute Gasteiger partial charge is 0.322 e. The number of alkyl halides is 1. The van der Waals surface area contributed by atoms with Gasteiger partial charge in [0.1, 0.15) is 6.17 Å². The third kappa shape index (κ3) is 2.57. The summed E-state index contributed by atoms with van der Waals surface area (Å²) in [4.78, 5) is 27.7. The van der Waals surface area contributed by atoms with Crippen LogP contribution in [0.3, 0.4) is 0 Å². The number of hydrogen-bond acceptors (Lipinski definition) is 6. The molecule has 2 aromatic carbocycles. The molecule has 0 N–H and O–H groups in total. The fraction of sp³-hybridized carbons (Fsp3) is 0.300. The molecule has 7 nitrogen and oxygen atoms in total. The number of fused-ring (bicyclic) bond motifs is 5. The fourth-order valence-corrected chi connectivity index (χ4v) is 8.78. The van der Waals surface area contributed by atoms with E-state index in [-0.39, 0.29) is 11.3 Å². The standard InChI is InChI=1S/C20H18BrN3O4S3/c1-22-16(29)15(25)23-17-19(21,11-20(23,30)18(22)26)13-9-5-6-10-14(13)24(17)31(27,28)12-7-3-2-4-8-12/h2-10,16-17,29-30H,11H2,1H3/t16-,17-,19-,20-/m0/s1. The van der Waals surface area contributed by atoms with E-state index in [9.17, 15) is 18.0 Å². The fourth-order valence-electron chi connectivity index (χ4n) is 4.75. The Morgan fingerprint density at radius 1 is 1.06 bits per heavy atom. The zero-order valence-electron chi connectivity index (χ0n) is 16.2. The number of hydrogen-bond donors (Lipinski definition) is 2. The Bertz CT molecular complexity index is 1230. The molecular formula is C20H18BrN3O4S3. The van der Waals surface area contributed by atoms with Crippen LogP contribution in [0.2, 0.25) is 0 Å². The number of nitrogens with zero attached hydrogens (tertiary/aromatic N) is 3. The zero-order chi connectivity index (χ0) is 22.3. The Labute approximate surface area is 199 Å². The maximum atomic E-state index is 13.8. The van der Waals surface area contributed by atoms with Gasteiger partial charge >= 0.3 is 0 Å². The molecule has 0 spiro atoms. The van der Waals surface area contributed by atoms with Gasteiger partial charge in [0.15, 0.2) is 10.2 Å². The van der Waals surface area contributed by atoms with Crippen molar-refractivity contribution in [2.75, 3.05) is 11.4 Å². The van der Waals surface area contributed by atoms with Crippen LogP contribution in [-0.2, 0) is 23.9 Å². The lowest BCUT2D eigenvalue weighted by Gasteiger charge is -2.47. The van der Waals surface area contributed by atoms with E-state index in [4.69, 9.17) is 0 Å². The number of carbonyl (C=O) groups excluding carboxylic acids is 2. The molecule has 0 aliphatic carbocycles. The molecule has 0 unspecified atom stereocenters. The maximum absolute atomic E-state index is 13.8. The first-order chi connectivity index (χ1) is 14.5.